The van der Waals surface area contributed by atoms with Crippen molar-refractivity contribution in [2.45, 2.75) is 13.5 Å². The van der Waals surface area contributed by atoms with Crippen LogP contribution in [-0.4, -0.2) is 23.4 Å². The highest BCUT2D eigenvalue weighted by atomic mass is 32.1. The summed E-state index contributed by atoms with van der Waals surface area (Å²) < 4.78 is 5.41. The summed E-state index contributed by atoms with van der Waals surface area (Å²) >= 11 is 1.48. The molecule has 0 fully saturated rings. The van der Waals surface area contributed by atoms with Gasteiger partial charge in [-0.3, -0.25) is 9.59 Å². The number of nitrogens with one attached hydrogen (secondary N) is 2. The summed E-state index contributed by atoms with van der Waals surface area (Å²) in [5.41, 5.74) is 2.52. The molecule has 6 nitrogen and oxygen atoms in total. The van der Waals surface area contributed by atoms with Crippen LogP contribution in [0.1, 0.15) is 11.9 Å². The molecule has 3 aromatic rings. The predicted molar refractivity (Wildman–Crippen MR) is 106 cm³/mol. The average molecular weight is 381 g/mol. The summed E-state index contributed by atoms with van der Waals surface area (Å²) in [6, 6.07) is 16.7. The SMILES string of the molecule is CC(=O)Nc1ccc(-c2csc(CNC(=O)COc3ccccc3)n2)cc1. The van der Waals surface area contributed by atoms with Gasteiger partial charge >= 0.3 is 0 Å². The number of rotatable bonds is 7. The number of carbonyl (C=O) groups is 2. The van der Waals surface area contributed by atoms with Crippen LogP contribution >= 0.6 is 11.3 Å². The van der Waals surface area contributed by atoms with E-state index in [0.717, 1.165) is 22.0 Å². The van der Waals surface area contributed by atoms with E-state index in [1.165, 1.54) is 18.3 Å². The van der Waals surface area contributed by atoms with E-state index < -0.39 is 0 Å². The van der Waals surface area contributed by atoms with Crippen LogP contribution < -0.4 is 15.4 Å². The van der Waals surface area contributed by atoms with Crippen LogP contribution in [-0.2, 0) is 16.1 Å². The highest BCUT2D eigenvalue weighted by molar-refractivity contribution is 7.09. The lowest BCUT2D eigenvalue weighted by atomic mass is 10.1. The molecule has 2 aromatic carbocycles. The largest absolute Gasteiger partial charge is 0.484 e. The van der Waals surface area contributed by atoms with Crippen molar-refractivity contribution in [1.29, 1.82) is 0 Å². The number of para-hydroxylation sites is 1. The second-order valence-corrected chi connectivity index (χ2v) is 6.71. The lowest BCUT2D eigenvalue weighted by molar-refractivity contribution is -0.123. The zero-order valence-corrected chi connectivity index (χ0v) is 15.6. The molecule has 0 aliphatic heterocycles. The predicted octanol–water partition coefficient (Wildman–Crippen LogP) is 3.46. The Bertz CT molecular complexity index is 908. The Kier molecular flexibility index (Phi) is 6.17. The zero-order valence-electron chi connectivity index (χ0n) is 14.8. The summed E-state index contributed by atoms with van der Waals surface area (Å²) in [7, 11) is 0. The molecule has 0 spiro atoms. The van der Waals surface area contributed by atoms with Gasteiger partial charge in [0.2, 0.25) is 5.91 Å². The van der Waals surface area contributed by atoms with Crippen LogP contribution in [0.15, 0.2) is 60.0 Å². The number of anilines is 1. The summed E-state index contributed by atoms with van der Waals surface area (Å²) in [6.07, 6.45) is 0. The number of hydrogen-bond donors (Lipinski definition) is 2. The van der Waals surface area contributed by atoms with E-state index in [1.54, 1.807) is 12.1 Å². The number of benzene rings is 2. The van der Waals surface area contributed by atoms with Crippen molar-refractivity contribution in [1.82, 2.24) is 10.3 Å². The van der Waals surface area contributed by atoms with E-state index in [4.69, 9.17) is 4.74 Å². The summed E-state index contributed by atoms with van der Waals surface area (Å²) in [6.45, 7) is 1.79. The molecule has 138 valence electrons. The Morgan fingerprint density at radius 3 is 2.52 bits per heavy atom. The first-order valence-electron chi connectivity index (χ1n) is 8.37. The number of aromatic nitrogens is 1. The Balaban J connectivity index is 1.50. The molecule has 0 aliphatic carbocycles. The van der Waals surface area contributed by atoms with E-state index in [-0.39, 0.29) is 18.4 Å². The van der Waals surface area contributed by atoms with Crippen LogP contribution in [0.25, 0.3) is 11.3 Å². The van der Waals surface area contributed by atoms with Gasteiger partial charge in [0.15, 0.2) is 6.61 Å². The standard InChI is InChI=1S/C20H19N3O3S/c1-14(24)22-16-9-7-15(8-10-16)18-13-27-20(23-18)11-21-19(25)12-26-17-5-3-2-4-6-17/h2-10,13H,11-12H2,1H3,(H,21,25)(H,22,24). The lowest BCUT2D eigenvalue weighted by Crippen LogP contribution is -2.28. The molecule has 2 N–H and O–H groups in total. The maximum Gasteiger partial charge on any atom is 0.258 e. The second-order valence-electron chi connectivity index (χ2n) is 5.76. The molecule has 0 saturated heterocycles. The molecule has 2 amide bonds. The van der Waals surface area contributed by atoms with Gasteiger partial charge in [-0.15, -0.1) is 11.3 Å². The lowest BCUT2D eigenvalue weighted by Gasteiger charge is -2.06. The van der Waals surface area contributed by atoms with Gasteiger partial charge in [-0.2, -0.15) is 0 Å². The van der Waals surface area contributed by atoms with E-state index in [1.807, 2.05) is 47.8 Å². The van der Waals surface area contributed by atoms with Gasteiger partial charge in [-0.1, -0.05) is 30.3 Å². The first-order valence-corrected chi connectivity index (χ1v) is 9.25. The van der Waals surface area contributed by atoms with Gasteiger partial charge in [0.1, 0.15) is 10.8 Å². The van der Waals surface area contributed by atoms with Crippen LogP contribution in [0.4, 0.5) is 5.69 Å². The van der Waals surface area contributed by atoms with E-state index >= 15 is 0 Å². The highest BCUT2D eigenvalue weighted by Crippen LogP contribution is 2.23. The molecule has 0 atom stereocenters. The van der Waals surface area contributed by atoms with Crippen LogP contribution in [0, 0.1) is 0 Å². The number of ether oxygens (including phenoxy) is 1. The first kappa shape index (κ1) is 18.6. The van der Waals surface area contributed by atoms with Crippen molar-refractivity contribution in [2.24, 2.45) is 0 Å². The number of nitrogens with zero attached hydrogens (tertiary/aromatic N) is 1. The number of carbonyl (C=O) groups excluding carboxylic acids is 2. The topological polar surface area (TPSA) is 80.3 Å². The molecule has 0 radical (unpaired) electrons. The van der Waals surface area contributed by atoms with Crippen LogP contribution in [0.5, 0.6) is 5.75 Å². The maximum atomic E-state index is 11.9. The summed E-state index contributed by atoms with van der Waals surface area (Å²) in [5.74, 6) is 0.354. The maximum absolute atomic E-state index is 11.9. The van der Waals surface area contributed by atoms with Crippen molar-refractivity contribution >= 4 is 28.8 Å². The highest BCUT2D eigenvalue weighted by Gasteiger charge is 2.08. The summed E-state index contributed by atoms with van der Waals surface area (Å²) in [4.78, 5) is 27.5. The van der Waals surface area contributed by atoms with Crippen molar-refractivity contribution in [3.05, 3.63) is 65.0 Å². The van der Waals surface area contributed by atoms with Crippen LogP contribution in [0.2, 0.25) is 0 Å². The van der Waals surface area contributed by atoms with Gasteiger partial charge in [-0.25, -0.2) is 4.98 Å². The van der Waals surface area contributed by atoms with Crippen molar-refractivity contribution in [3.63, 3.8) is 0 Å². The molecule has 0 unspecified atom stereocenters. The molecule has 0 bridgehead atoms. The molecular weight excluding hydrogens is 362 g/mol. The Hall–Kier alpha value is -3.19. The number of hydrogen-bond acceptors (Lipinski definition) is 5. The fraction of sp³-hybridized carbons (Fsp3) is 0.150. The third-order valence-corrected chi connectivity index (χ3v) is 4.45. The zero-order chi connectivity index (χ0) is 19.1. The molecule has 3 rings (SSSR count). The molecule has 0 aliphatic rings. The Morgan fingerprint density at radius 2 is 1.81 bits per heavy atom. The number of thiazole rings is 1. The quantitative estimate of drug-likeness (QED) is 0.657. The Morgan fingerprint density at radius 1 is 1.07 bits per heavy atom. The van der Waals surface area contributed by atoms with E-state index in [2.05, 4.69) is 15.6 Å². The molecule has 0 saturated carbocycles. The molecule has 1 aromatic heterocycles. The summed E-state index contributed by atoms with van der Waals surface area (Å²) in [5, 5.41) is 8.28. The minimum atomic E-state index is -0.199. The van der Waals surface area contributed by atoms with Gasteiger partial charge in [0, 0.05) is 23.6 Å². The van der Waals surface area contributed by atoms with Gasteiger partial charge in [0.05, 0.1) is 12.2 Å². The van der Waals surface area contributed by atoms with Gasteiger partial charge in [-0.05, 0) is 24.3 Å². The normalized spacial score (nSPS) is 10.3. The van der Waals surface area contributed by atoms with Crippen molar-refractivity contribution in [3.8, 4) is 17.0 Å². The molecule has 27 heavy (non-hydrogen) atoms. The smallest absolute Gasteiger partial charge is 0.258 e. The fourth-order valence-corrected chi connectivity index (χ4v) is 3.09. The first-order chi connectivity index (χ1) is 13.1. The monoisotopic (exact) mass is 381 g/mol. The number of amides is 2. The average Bonchev–Trinajstić information content (AvgIpc) is 3.15. The Labute approximate surface area is 161 Å². The van der Waals surface area contributed by atoms with E-state index in [9.17, 15) is 9.59 Å². The van der Waals surface area contributed by atoms with Crippen molar-refractivity contribution < 1.29 is 14.3 Å². The van der Waals surface area contributed by atoms with Gasteiger partial charge in [0.25, 0.3) is 5.91 Å². The molecule has 1 heterocycles. The second kappa shape index (κ2) is 8.95. The van der Waals surface area contributed by atoms with Crippen molar-refractivity contribution in [2.75, 3.05) is 11.9 Å². The van der Waals surface area contributed by atoms with E-state index in [0.29, 0.717) is 12.3 Å². The van der Waals surface area contributed by atoms with Crippen LogP contribution in [0.3, 0.4) is 0 Å². The van der Waals surface area contributed by atoms with Gasteiger partial charge < -0.3 is 15.4 Å². The minimum absolute atomic E-state index is 0.0349. The minimum Gasteiger partial charge on any atom is -0.484 e. The fourth-order valence-electron chi connectivity index (χ4n) is 2.34. The molecular formula is C20H19N3O3S. The third-order valence-electron chi connectivity index (χ3n) is 3.60. The molecule has 7 heteroatoms. The third kappa shape index (κ3) is 5.65.